The first kappa shape index (κ1) is 13.3. The van der Waals surface area contributed by atoms with Gasteiger partial charge in [-0.3, -0.25) is 4.21 Å². The minimum absolute atomic E-state index is 0. The van der Waals surface area contributed by atoms with Gasteiger partial charge in [0.2, 0.25) is 0 Å². The van der Waals surface area contributed by atoms with Gasteiger partial charge in [-0.15, -0.1) is 11.3 Å². The van der Waals surface area contributed by atoms with Gasteiger partial charge in [0.1, 0.15) is 10.6 Å². The molecule has 0 spiro atoms. The molecular weight excluding hydrogens is 205 g/mol. The van der Waals surface area contributed by atoms with Crippen LogP contribution in [0.15, 0.2) is 10.4 Å². The summed E-state index contributed by atoms with van der Waals surface area (Å²) in [5.74, 6) is 0. The molecule has 0 aliphatic rings. The summed E-state index contributed by atoms with van der Waals surface area (Å²) in [7, 11) is 0. The molecule has 7 heteroatoms. The van der Waals surface area contributed by atoms with Gasteiger partial charge in [-0.25, -0.2) is 4.98 Å². The summed E-state index contributed by atoms with van der Waals surface area (Å²) in [6, 6.07) is 0. The number of hydrogen-bond donors (Lipinski definition) is 1. The molecule has 0 amide bonds. The molecule has 1 aromatic heterocycles. The van der Waals surface area contributed by atoms with E-state index in [9.17, 15) is 13.9 Å². The molecule has 1 N–H and O–H groups in total. The standard InChI is InChI=1S/C6H9NO3S2.Li/c1-6(2,8)5-7-3-4(11-5)12(9)10;/h3,8H,1-2H3,(H,9,10);/q;+1/p-1. The van der Waals surface area contributed by atoms with Crippen LogP contribution >= 0.6 is 11.3 Å². The van der Waals surface area contributed by atoms with E-state index in [2.05, 4.69) is 4.98 Å². The normalized spacial score (nSPS) is 13.5. The number of aliphatic hydroxyl groups is 1. The third-order valence-electron chi connectivity index (χ3n) is 1.17. The molecule has 0 fully saturated rings. The summed E-state index contributed by atoms with van der Waals surface area (Å²) >= 11 is -1.27. The van der Waals surface area contributed by atoms with Crippen molar-refractivity contribution in [1.82, 2.24) is 4.98 Å². The van der Waals surface area contributed by atoms with Crippen molar-refractivity contribution in [1.29, 1.82) is 0 Å². The van der Waals surface area contributed by atoms with Gasteiger partial charge in [0.05, 0.1) is 10.4 Å². The Morgan fingerprint density at radius 3 is 2.46 bits per heavy atom. The molecule has 13 heavy (non-hydrogen) atoms. The van der Waals surface area contributed by atoms with Gasteiger partial charge in [0.15, 0.2) is 0 Å². The number of thiazole rings is 1. The maximum atomic E-state index is 10.4. The third kappa shape index (κ3) is 3.50. The monoisotopic (exact) mass is 213 g/mol. The van der Waals surface area contributed by atoms with Crippen LogP contribution in [0.4, 0.5) is 0 Å². The first-order valence-electron chi connectivity index (χ1n) is 3.19. The van der Waals surface area contributed by atoms with Crippen LogP contribution in [0.5, 0.6) is 0 Å². The Labute approximate surface area is 94.9 Å². The largest absolute Gasteiger partial charge is 1.00 e. The molecule has 68 valence electrons. The Morgan fingerprint density at radius 1 is 1.69 bits per heavy atom. The predicted molar refractivity (Wildman–Crippen MR) is 44.5 cm³/mol. The van der Waals surface area contributed by atoms with E-state index < -0.39 is 16.7 Å². The Bertz CT molecular complexity index is 307. The van der Waals surface area contributed by atoms with Crippen LogP contribution in [0.25, 0.3) is 0 Å². The summed E-state index contributed by atoms with van der Waals surface area (Å²) in [6.45, 7) is 3.12. The van der Waals surface area contributed by atoms with E-state index >= 15 is 0 Å². The van der Waals surface area contributed by atoms with Crippen LogP contribution in [0.2, 0.25) is 0 Å². The van der Waals surface area contributed by atoms with Crippen LogP contribution < -0.4 is 18.9 Å². The predicted octanol–water partition coefficient (Wildman–Crippen LogP) is -2.39. The second-order valence-electron chi connectivity index (χ2n) is 2.78. The van der Waals surface area contributed by atoms with Crippen molar-refractivity contribution in [2.75, 3.05) is 0 Å². The zero-order chi connectivity index (χ0) is 9.35. The van der Waals surface area contributed by atoms with Crippen molar-refractivity contribution < 1.29 is 32.7 Å². The van der Waals surface area contributed by atoms with Crippen LogP contribution in [-0.4, -0.2) is 18.9 Å². The minimum atomic E-state index is -2.25. The molecule has 1 aromatic rings. The second kappa shape index (κ2) is 4.69. The van der Waals surface area contributed by atoms with Gasteiger partial charge < -0.3 is 9.66 Å². The summed E-state index contributed by atoms with van der Waals surface area (Å²) in [5.41, 5.74) is -1.07. The summed E-state index contributed by atoms with van der Waals surface area (Å²) < 4.78 is 21.0. The molecule has 0 radical (unpaired) electrons. The average Bonchev–Trinajstić information content (AvgIpc) is 2.30. The average molecular weight is 213 g/mol. The van der Waals surface area contributed by atoms with E-state index in [1.165, 1.54) is 6.20 Å². The Kier molecular flexibility index (Phi) is 4.80. The Morgan fingerprint density at radius 2 is 2.23 bits per heavy atom. The zero-order valence-corrected chi connectivity index (χ0v) is 9.24. The van der Waals surface area contributed by atoms with E-state index in [0.717, 1.165) is 11.3 Å². The maximum absolute atomic E-state index is 10.4. The van der Waals surface area contributed by atoms with E-state index in [1.807, 2.05) is 0 Å². The van der Waals surface area contributed by atoms with E-state index in [4.69, 9.17) is 0 Å². The van der Waals surface area contributed by atoms with Crippen molar-refractivity contribution in [3.8, 4) is 0 Å². The third-order valence-corrected chi connectivity index (χ3v) is 3.37. The van der Waals surface area contributed by atoms with E-state index in [0.29, 0.717) is 5.01 Å². The topological polar surface area (TPSA) is 73.2 Å². The first-order chi connectivity index (χ1) is 5.41. The molecule has 1 atom stereocenters. The van der Waals surface area contributed by atoms with Gasteiger partial charge in [0, 0.05) is 0 Å². The fourth-order valence-corrected chi connectivity index (χ4v) is 1.92. The second-order valence-corrected chi connectivity index (χ2v) is 4.98. The first-order valence-corrected chi connectivity index (χ1v) is 5.08. The maximum Gasteiger partial charge on any atom is 1.00 e. The number of aromatic nitrogens is 1. The Hall–Kier alpha value is 0.297. The molecule has 0 aliphatic heterocycles. The van der Waals surface area contributed by atoms with E-state index in [1.54, 1.807) is 13.8 Å². The molecule has 1 rings (SSSR count). The zero-order valence-electron chi connectivity index (χ0n) is 7.60. The molecule has 1 unspecified atom stereocenters. The van der Waals surface area contributed by atoms with Crippen molar-refractivity contribution in [3.63, 3.8) is 0 Å². The quantitative estimate of drug-likeness (QED) is 0.439. The molecule has 0 saturated heterocycles. The number of hydrogen-bond acceptors (Lipinski definition) is 5. The van der Waals surface area contributed by atoms with Crippen LogP contribution in [-0.2, 0) is 16.7 Å². The molecule has 0 bridgehead atoms. The smallest absolute Gasteiger partial charge is 0.768 e. The van der Waals surface area contributed by atoms with Crippen molar-refractivity contribution in [3.05, 3.63) is 11.2 Å². The van der Waals surface area contributed by atoms with Gasteiger partial charge in [-0.1, -0.05) is 0 Å². The molecule has 0 aromatic carbocycles. The molecule has 4 nitrogen and oxygen atoms in total. The van der Waals surface area contributed by atoms with Crippen LogP contribution in [0.3, 0.4) is 0 Å². The van der Waals surface area contributed by atoms with E-state index in [-0.39, 0.29) is 23.1 Å². The van der Waals surface area contributed by atoms with Gasteiger partial charge in [-0.05, 0) is 24.9 Å². The Balaban J connectivity index is 0.00000144. The van der Waals surface area contributed by atoms with Crippen molar-refractivity contribution in [2.45, 2.75) is 23.7 Å². The van der Waals surface area contributed by atoms with Gasteiger partial charge >= 0.3 is 18.9 Å². The SMILES string of the molecule is CC(C)(O)c1ncc(S(=O)[O-])s1.[Li+]. The summed E-state index contributed by atoms with van der Waals surface area (Å²) in [6.07, 6.45) is 1.24. The molecule has 0 saturated carbocycles. The number of rotatable bonds is 2. The van der Waals surface area contributed by atoms with Crippen molar-refractivity contribution in [2.24, 2.45) is 0 Å². The van der Waals surface area contributed by atoms with Crippen LogP contribution in [0.1, 0.15) is 18.9 Å². The van der Waals surface area contributed by atoms with Gasteiger partial charge in [0.25, 0.3) is 0 Å². The summed E-state index contributed by atoms with van der Waals surface area (Å²) in [5, 5.41) is 9.84. The molecule has 1 heterocycles. The van der Waals surface area contributed by atoms with Crippen molar-refractivity contribution >= 4 is 22.4 Å². The molecule has 0 aliphatic carbocycles. The summed E-state index contributed by atoms with van der Waals surface area (Å²) in [4.78, 5) is 3.78. The van der Waals surface area contributed by atoms with Crippen LogP contribution in [0, 0.1) is 0 Å². The van der Waals surface area contributed by atoms with Gasteiger partial charge in [-0.2, -0.15) is 0 Å². The fourth-order valence-electron chi connectivity index (χ4n) is 0.619. The fraction of sp³-hybridized carbons (Fsp3) is 0.500. The molecular formula is C6H8LiNO3S2. The number of nitrogens with zero attached hydrogens (tertiary/aromatic N) is 1. The minimum Gasteiger partial charge on any atom is -0.768 e.